The molecule has 1 aliphatic heterocycles. The minimum Gasteiger partial charge on any atom is -0.491 e. The number of aromatic amines is 1. The third-order valence-electron chi connectivity index (χ3n) is 5.51. The summed E-state index contributed by atoms with van der Waals surface area (Å²) in [6.07, 6.45) is 3.68. The zero-order valence-electron chi connectivity index (χ0n) is 17.7. The molecule has 1 saturated heterocycles. The molecule has 0 radical (unpaired) electrons. The molecule has 0 amide bonds. The molecule has 4 rings (SSSR count). The monoisotopic (exact) mass is 427 g/mol. The molecular weight excluding hydrogens is 398 g/mol. The van der Waals surface area contributed by atoms with Crippen molar-refractivity contribution in [2.45, 2.75) is 48.6 Å². The molecule has 7 heteroatoms. The second-order valence-corrected chi connectivity index (χ2v) is 10.2. The van der Waals surface area contributed by atoms with Crippen LogP contribution in [-0.2, 0) is 9.84 Å². The van der Waals surface area contributed by atoms with E-state index in [4.69, 9.17) is 4.74 Å². The molecule has 3 aromatic rings. The Morgan fingerprint density at radius 1 is 1.13 bits per heavy atom. The van der Waals surface area contributed by atoms with Gasteiger partial charge < -0.3 is 19.9 Å². The summed E-state index contributed by atoms with van der Waals surface area (Å²) in [5, 5.41) is 4.15. The molecule has 0 atom stereocenters. The van der Waals surface area contributed by atoms with Gasteiger partial charge in [-0.05, 0) is 83.2 Å². The van der Waals surface area contributed by atoms with Gasteiger partial charge in [-0.2, -0.15) is 0 Å². The van der Waals surface area contributed by atoms with Crippen LogP contribution >= 0.6 is 0 Å². The van der Waals surface area contributed by atoms with Gasteiger partial charge in [0.25, 0.3) is 0 Å². The van der Waals surface area contributed by atoms with Crippen molar-refractivity contribution in [3.8, 4) is 5.75 Å². The number of fused-ring (bicyclic) bond motifs is 1. The van der Waals surface area contributed by atoms with Crippen molar-refractivity contribution in [3.63, 3.8) is 0 Å². The van der Waals surface area contributed by atoms with Crippen molar-refractivity contribution in [2.24, 2.45) is 0 Å². The Morgan fingerprint density at radius 3 is 2.63 bits per heavy atom. The number of piperidine rings is 1. The van der Waals surface area contributed by atoms with Gasteiger partial charge in [-0.15, -0.1) is 0 Å². The highest BCUT2D eigenvalue weighted by molar-refractivity contribution is 7.91. The lowest BCUT2D eigenvalue weighted by atomic mass is 10.1. The van der Waals surface area contributed by atoms with Crippen molar-refractivity contribution in [1.29, 1.82) is 0 Å². The van der Waals surface area contributed by atoms with Gasteiger partial charge >= 0.3 is 0 Å². The number of sulfone groups is 1. The Morgan fingerprint density at radius 2 is 1.90 bits per heavy atom. The van der Waals surface area contributed by atoms with Gasteiger partial charge in [-0.25, -0.2) is 8.42 Å². The maximum absolute atomic E-state index is 13.4. The fourth-order valence-corrected chi connectivity index (χ4v) is 5.38. The van der Waals surface area contributed by atoms with Crippen LogP contribution < -0.4 is 10.1 Å². The van der Waals surface area contributed by atoms with E-state index in [9.17, 15) is 8.42 Å². The van der Waals surface area contributed by atoms with Crippen LogP contribution in [0, 0.1) is 0 Å². The van der Waals surface area contributed by atoms with E-state index in [1.54, 1.807) is 30.5 Å². The fourth-order valence-electron chi connectivity index (χ4n) is 3.91. The molecule has 1 fully saturated rings. The number of rotatable bonds is 6. The highest BCUT2D eigenvalue weighted by atomic mass is 32.2. The van der Waals surface area contributed by atoms with E-state index in [0.29, 0.717) is 17.2 Å². The minimum absolute atomic E-state index is 0.0174. The van der Waals surface area contributed by atoms with E-state index in [1.807, 2.05) is 32.0 Å². The Labute approximate surface area is 178 Å². The van der Waals surface area contributed by atoms with Crippen LogP contribution in [0.25, 0.3) is 10.9 Å². The van der Waals surface area contributed by atoms with Gasteiger partial charge in [0.05, 0.1) is 15.9 Å². The molecule has 0 aliphatic carbocycles. The van der Waals surface area contributed by atoms with E-state index >= 15 is 0 Å². The van der Waals surface area contributed by atoms with Gasteiger partial charge in [0, 0.05) is 28.8 Å². The highest BCUT2D eigenvalue weighted by Gasteiger charge is 2.23. The van der Waals surface area contributed by atoms with Crippen LogP contribution in [0.1, 0.15) is 26.7 Å². The Bertz CT molecular complexity index is 1130. The van der Waals surface area contributed by atoms with E-state index in [1.165, 1.54) is 0 Å². The molecule has 2 heterocycles. The molecule has 30 heavy (non-hydrogen) atoms. The third kappa shape index (κ3) is 4.32. The van der Waals surface area contributed by atoms with Crippen molar-refractivity contribution >= 4 is 26.4 Å². The van der Waals surface area contributed by atoms with E-state index in [0.717, 1.165) is 37.1 Å². The Balaban J connectivity index is 1.63. The maximum Gasteiger partial charge on any atom is 0.208 e. The SMILES string of the molecule is CC(C)Oc1ccc2[nH]cc(S(=O)(=O)c3cccc(NC4CCN(C)CC4)c3)c2c1. The Kier molecular flexibility index (Phi) is 5.75. The first kappa shape index (κ1) is 20.8. The first-order valence-electron chi connectivity index (χ1n) is 10.4. The fraction of sp³-hybridized carbons (Fsp3) is 0.391. The molecule has 1 aliphatic rings. The largest absolute Gasteiger partial charge is 0.491 e. The van der Waals surface area contributed by atoms with Crippen LogP contribution in [0.15, 0.2) is 58.5 Å². The number of nitrogens with one attached hydrogen (secondary N) is 2. The van der Waals surface area contributed by atoms with Gasteiger partial charge in [0.15, 0.2) is 0 Å². The predicted octanol–water partition coefficient (Wildman–Crippen LogP) is 4.29. The number of anilines is 1. The van der Waals surface area contributed by atoms with Gasteiger partial charge in [0.2, 0.25) is 9.84 Å². The first-order chi connectivity index (χ1) is 14.3. The summed E-state index contributed by atoms with van der Waals surface area (Å²) in [5.74, 6) is 0.659. The highest BCUT2D eigenvalue weighted by Crippen LogP contribution is 2.32. The first-order valence-corrected chi connectivity index (χ1v) is 11.9. The normalized spacial score (nSPS) is 16.3. The van der Waals surface area contributed by atoms with Crippen molar-refractivity contribution in [2.75, 3.05) is 25.5 Å². The van der Waals surface area contributed by atoms with Crippen molar-refractivity contribution in [1.82, 2.24) is 9.88 Å². The van der Waals surface area contributed by atoms with E-state index < -0.39 is 9.84 Å². The summed E-state index contributed by atoms with van der Waals surface area (Å²) in [7, 11) is -1.55. The second-order valence-electron chi connectivity index (χ2n) is 8.28. The molecule has 6 nitrogen and oxygen atoms in total. The quantitative estimate of drug-likeness (QED) is 0.614. The lowest BCUT2D eigenvalue weighted by Gasteiger charge is -2.30. The molecule has 0 bridgehead atoms. The van der Waals surface area contributed by atoms with Crippen LogP contribution in [0.5, 0.6) is 5.75 Å². The topological polar surface area (TPSA) is 74.4 Å². The zero-order chi connectivity index (χ0) is 21.3. The number of ether oxygens (including phenoxy) is 1. The number of likely N-dealkylation sites (tertiary alicyclic amines) is 1. The van der Waals surface area contributed by atoms with Gasteiger partial charge in [0.1, 0.15) is 5.75 Å². The zero-order valence-corrected chi connectivity index (χ0v) is 18.5. The maximum atomic E-state index is 13.4. The lowest BCUT2D eigenvalue weighted by Crippen LogP contribution is -2.36. The van der Waals surface area contributed by atoms with Crippen LogP contribution in [0.3, 0.4) is 0 Å². The van der Waals surface area contributed by atoms with Gasteiger partial charge in [-0.1, -0.05) is 6.07 Å². The number of H-pyrrole nitrogens is 1. The van der Waals surface area contributed by atoms with E-state index in [-0.39, 0.29) is 15.9 Å². The summed E-state index contributed by atoms with van der Waals surface area (Å²) in [6, 6.07) is 13.0. The van der Waals surface area contributed by atoms with Gasteiger partial charge in [-0.3, -0.25) is 0 Å². The van der Waals surface area contributed by atoms with Crippen molar-refractivity contribution < 1.29 is 13.2 Å². The molecule has 0 saturated carbocycles. The average Bonchev–Trinajstić information content (AvgIpc) is 3.13. The Hall–Kier alpha value is -2.51. The molecular formula is C23H29N3O3S. The summed E-state index contributed by atoms with van der Waals surface area (Å²) in [4.78, 5) is 5.94. The summed E-state index contributed by atoms with van der Waals surface area (Å²) < 4.78 is 32.6. The minimum atomic E-state index is -3.67. The molecule has 2 N–H and O–H groups in total. The summed E-state index contributed by atoms with van der Waals surface area (Å²) >= 11 is 0. The van der Waals surface area contributed by atoms with Crippen LogP contribution in [0.2, 0.25) is 0 Å². The predicted molar refractivity (Wildman–Crippen MR) is 120 cm³/mol. The number of benzene rings is 2. The van der Waals surface area contributed by atoms with Crippen LogP contribution in [-0.4, -0.2) is 50.6 Å². The number of nitrogens with zero attached hydrogens (tertiary/aromatic N) is 1. The van der Waals surface area contributed by atoms with Crippen LogP contribution in [0.4, 0.5) is 5.69 Å². The summed E-state index contributed by atoms with van der Waals surface area (Å²) in [5.41, 5.74) is 1.61. The molecule has 0 unspecified atom stereocenters. The number of hydrogen-bond acceptors (Lipinski definition) is 5. The van der Waals surface area contributed by atoms with E-state index in [2.05, 4.69) is 22.2 Å². The smallest absolute Gasteiger partial charge is 0.208 e. The standard InChI is InChI=1S/C23H29N3O3S/c1-16(2)29-19-7-8-22-21(14-19)23(15-24-22)30(27,28)20-6-4-5-18(13-20)25-17-9-11-26(3)12-10-17/h4-8,13-17,24-25H,9-12H2,1-3H3. The third-order valence-corrected chi connectivity index (χ3v) is 7.30. The molecule has 160 valence electrons. The summed E-state index contributed by atoms with van der Waals surface area (Å²) in [6.45, 7) is 5.99. The lowest BCUT2D eigenvalue weighted by molar-refractivity contribution is 0.243. The number of hydrogen-bond donors (Lipinski definition) is 2. The second kappa shape index (κ2) is 8.32. The van der Waals surface area contributed by atoms with Crippen molar-refractivity contribution in [3.05, 3.63) is 48.7 Å². The number of aromatic nitrogens is 1. The molecule has 0 spiro atoms. The molecule has 1 aromatic heterocycles. The average molecular weight is 428 g/mol. The molecule has 2 aromatic carbocycles.